The Balaban J connectivity index is 2.04. The van der Waals surface area contributed by atoms with E-state index in [0.717, 1.165) is 0 Å². The monoisotopic (exact) mass is 241 g/mol. The summed E-state index contributed by atoms with van der Waals surface area (Å²) >= 11 is 0. The molecule has 2 fully saturated rings. The minimum absolute atomic E-state index is 0.0188. The van der Waals surface area contributed by atoms with E-state index in [9.17, 15) is 9.59 Å². The summed E-state index contributed by atoms with van der Waals surface area (Å²) in [4.78, 5) is 26.8. The number of fused-ring (bicyclic) bond motifs is 1. The third-order valence-corrected chi connectivity index (χ3v) is 3.45. The molecule has 0 aliphatic carbocycles. The van der Waals surface area contributed by atoms with Crippen molar-refractivity contribution in [3.63, 3.8) is 0 Å². The Hall–Kier alpha value is -2.35. The SMILES string of the molecule is N#Cc1ccccc1N1C(=O)CN2C(=O)CCC21. The van der Waals surface area contributed by atoms with E-state index in [4.69, 9.17) is 5.26 Å². The molecule has 2 aliphatic heterocycles. The summed E-state index contributed by atoms with van der Waals surface area (Å²) < 4.78 is 0. The van der Waals surface area contributed by atoms with Gasteiger partial charge in [-0.2, -0.15) is 5.26 Å². The summed E-state index contributed by atoms with van der Waals surface area (Å²) in [6, 6.07) is 9.08. The van der Waals surface area contributed by atoms with E-state index in [0.29, 0.717) is 24.1 Å². The molecule has 1 unspecified atom stereocenters. The van der Waals surface area contributed by atoms with E-state index in [1.54, 1.807) is 34.1 Å². The second-order valence-corrected chi connectivity index (χ2v) is 4.43. The molecule has 0 spiro atoms. The summed E-state index contributed by atoms with van der Waals surface area (Å²) in [5.74, 6) is -0.0963. The van der Waals surface area contributed by atoms with Crippen LogP contribution in [0.15, 0.2) is 24.3 Å². The third-order valence-electron chi connectivity index (χ3n) is 3.45. The highest BCUT2D eigenvalue weighted by Gasteiger charge is 2.45. The molecule has 5 nitrogen and oxygen atoms in total. The zero-order valence-electron chi connectivity index (χ0n) is 9.67. The number of anilines is 1. The highest BCUT2D eigenvalue weighted by Crippen LogP contribution is 2.33. The predicted molar refractivity (Wildman–Crippen MR) is 63.4 cm³/mol. The lowest BCUT2D eigenvalue weighted by atomic mass is 10.1. The van der Waals surface area contributed by atoms with E-state index >= 15 is 0 Å². The molecule has 2 aliphatic rings. The van der Waals surface area contributed by atoms with Crippen LogP contribution in [-0.4, -0.2) is 29.4 Å². The smallest absolute Gasteiger partial charge is 0.248 e. The van der Waals surface area contributed by atoms with Gasteiger partial charge in [-0.25, -0.2) is 0 Å². The lowest BCUT2D eigenvalue weighted by Crippen LogP contribution is -2.37. The van der Waals surface area contributed by atoms with Crippen LogP contribution in [-0.2, 0) is 9.59 Å². The molecule has 2 heterocycles. The summed E-state index contributed by atoms with van der Waals surface area (Å²) in [7, 11) is 0. The van der Waals surface area contributed by atoms with E-state index in [1.807, 2.05) is 0 Å². The summed E-state index contributed by atoms with van der Waals surface area (Å²) in [5, 5.41) is 9.09. The quantitative estimate of drug-likeness (QED) is 0.732. The van der Waals surface area contributed by atoms with Crippen molar-refractivity contribution in [1.29, 1.82) is 5.26 Å². The number of rotatable bonds is 1. The molecule has 0 bridgehead atoms. The minimum atomic E-state index is -0.209. The standard InChI is InChI=1S/C13H11N3O2/c14-7-9-3-1-2-4-10(9)16-11-5-6-12(17)15(11)8-13(16)18/h1-4,11H,5-6,8H2. The molecule has 2 saturated heterocycles. The zero-order chi connectivity index (χ0) is 12.7. The van der Waals surface area contributed by atoms with Crippen LogP contribution in [0.5, 0.6) is 0 Å². The van der Waals surface area contributed by atoms with Crippen LogP contribution < -0.4 is 4.90 Å². The van der Waals surface area contributed by atoms with Crippen LogP contribution in [0, 0.1) is 11.3 Å². The number of hydrogen-bond donors (Lipinski definition) is 0. The molecule has 1 aromatic rings. The average Bonchev–Trinajstić information content (AvgIpc) is 2.89. The van der Waals surface area contributed by atoms with Crippen LogP contribution >= 0.6 is 0 Å². The molecule has 3 rings (SSSR count). The Labute approximate surface area is 104 Å². The number of nitriles is 1. The molecule has 0 saturated carbocycles. The lowest BCUT2D eigenvalue weighted by molar-refractivity contribution is -0.129. The number of nitrogens with zero attached hydrogens (tertiary/aromatic N) is 3. The fourth-order valence-corrected chi connectivity index (χ4v) is 2.64. The lowest BCUT2D eigenvalue weighted by Gasteiger charge is -2.24. The van der Waals surface area contributed by atoms with Gasteiger partial charge in [-0.3, -0.25) is 14.5 Å². The Bertz CT molecular complexity index is 576. The van der Waals surface area contributed by atoms with Gasteiger partial charge in [-0.15, -0.1) is 0 Å². The molecule has 0 aromatic heterocycles. The van der Waals surface area contributed by atoms with E-state index in [-0.39, 0.29) is 24.5 Å². The molecule has 1 atom stereocenters. The van der Waals surface area contributed by atoms with Crippen LogP contribution in [0.2, 0.25) is 0 Å². The number of benzene rings is 1. The third kappa shape index (κ3) is 1.39. The first-order chi connectivity index (χ1) is 8.72. The Morgan fingerprint density at radius 2 is 2.00 bits per heavy atom. The van der Waals surface area contributed by atoms with Gasteiger partial charge < -0.3 is 4.90 Å². The van der Waals surface area contributed by atoms with Crippen molar-refractivity contribution in [3.8, 4) is 6.07 Å². The van der Waals surface area contributed by atoms with Crippen LogP contribution in [0.3, 0.4) is 0 Å². The van der Waals surface area contributed by atoms with Gasteiger partial charge in [-0.1, -0.05) is 12.1 Å². The Morgan fingerprint density at radius 1 is 1.22 bits per heavy atom. The molecule has 1 aromatic carbocycles. The Morgan fingerprint density at radius 3 is 2.78 bits per heavy atom. The average molecular weight is 241 g/mol. The first kappa shape index (κ1) is 10.8. The highest BCUT2D eigenvalue weighted by atomic mass is 16.2. The van der Waals surface area contributed by atoms with Crippen LogP contribution in [0.25, 0.3) is 0 Å². The molecule has 5 heteroatoms. The second kappa shape index (κ2) is 3.84. The van der Waals surface area contributed by atoms with Crippen LogP contribution in [0.1, 0.15) is 18.4 Å². The van der Waals surface area contributed by atoms with Crippen molar-refractivity contribution < 1.29 is 9.59 Å². The largest absolute Gasteiger partial charge is 0.312 e. The van der Waals surface area contributed by atoms with Crippen molar-refractivity contribution in [1.82, 2.24) is 4.90 Å². The molecule has 0 radical (unpaired) electrons. The van der Waals surface area contributed by atoms with Gasteiger partial charge >= 0.3 is 0 Å². The molecule has 2 amide bonds. The van der Waals surface area contributed by atoms with Gasteiger partial charge in [0.15, 0.2) is 0 Å². The first-order valence-corrected chi connectivity index (χ1v) is 5.83. The van der Waals surface area contributed by atoms with Crippen molar-refractivity contribution in [2.24, 2.45) is 0 Å². The van der Waals surface area contributed by atoms with Gasteiger partial charge in [0.2, 0.25) is 11.8 Å². The molecular weight excluding hydrogens is 230 g/mol. The maximum atomic E-state index is 12.0. The second-order valence-electron chi connectivity index (χ2n) is 4.43. The maximum absolute atomic E-state index is 12.0. The van der Waals surface area contributed by atoms with Crippen molar-refractivity contribution in [3.05, 3.63) is 29.8 Å². The highest BCUT2D eigenvalue weighted by molar-refractivity contribution is 6.02. The maximum Gasteiger partial charge on any atom is 0.248 e. The molecule has 18 heavy (non-hydrogen) atoms. The summed E-state index contributed by atoms with van der Waals surface area (Å²) in [5.41, 5.74) is 1.07. The Kier molecular flexibility index (Phi) is 2.30. The van der Waals surface area contributed by atoms with E-state index < -0.39 is 0 Å². The van der Waals surface area contributed by atoms with Crippen LogP contribution in [0.4, 0.5) is 5.69 Å². The number of para-hydroxylation sites is 1. The zero-order valence-corrected chi connectivity index (χ0v) is 9.67. The molecule has 90 valence electrons. The van der Waals surface area contributed by atoms with Gasteiger partial charge in [0.05, 0.1) is 11.3 Å². The van der Waals surface area contributed by atoms with E-state index in [2.05, 4.69) is 6.07 Å². The number of hydrogen-bond acceptors (Lipinski definition) is 3. The fraction of sp³-hybridized carbons (Fsp3) is 0.308. The number of carbonyl (C=O) groups is 2. The van der Waals surface area contributed by atoms with E-state index in [1.165, 1.54) is 0 Å². The van der Waals surface area contributed by atoms with Crippen molar-refractivity contribution in [2.45, 2.75) is 19.0 Å². The summed E-state index contributed by atoms with van der Waals surface area (Å²) in [6.07, 6.45) is 0.910. The molecule has 0 N–H and O–H groups in total. The van der Waals surface area contributed by atoms with Gasteiger partial charge in [0.25, 0.3) is 0 Å². The molecular formula is C13H11N3O2. The van der Waals surface area contributed by atoms with Crippen molar-refractivity contribution >= 4 is 17.5 Å². The number of carbonyl (C=O) groups excluding carboxylic acids is 2. The predicted octanol–water partition coefficient (Wildman–Crippen LogP) is 0.853. The fourth-order valence-electron chi connectivity index (χ4n) is 2.64. The van der Waals surface area contributed by atoms with Gasteiger partial charge in [0.1, 0.15) is 18.8 Å². The van der Waals surface area contributed by atoms with Gasteiger partial charge in [-0.05, 0) is 18.6 Å². The first-order valence-electron chi connectivity index (χ1n) is 5.83. The normalized spacial score (nSPS) is 22.3. The topological polar surface area (TPSA) is 64.4 Å². The van der Waals surface area contributed by atoms with Crippen molar-refractivity contribution in [2.75, 3.05) is 11.4 Å². The van der Waals surface area contributed by atoms with Gasteiger partial charge in [0, 0.05) is 6.42 Å². The summed E-state index contributed by atoms with van der Waals surface area (Å²) in [6.45, 7) is 0.128. The minimum Gasteiger partial charge on any atom is -0.312 e. The number of amides is 2.